The molecule has 3 aromatic rings. The topological polar surface area (TPSA) is 96.0 Å². The fourth-order valence-electron chi connectivity index (χ4n) is 4.18. The molecule has 1 N–H and O–H groups in total. The van der Waals surface area contributed by atoms with Gasteiger partial charge in [0.05, 0.1) is 19.1 Å². The number of hydrogen-bond donors (Lipinski definition) is 1. The van der Waals surface area contributed by atoms with E-state index in [9.17, 15) is 18.0 Å². The first-order valence-corrected chi connectivity index (χ1v) is 14.5. The number of ether oxygens (including phenoxy) is 1. The molecular weight excluding hydrogens is 514 g/mol. The highest BCUT2D eigenvalue weighted by Gasteiger charge is 2.34. The molecule has 0 aliphatic carbocycles. The number of carbonyl (C=O) groups is 2. The molecule has 39 heavy (non-hydrogen) atoms. The predicted molar refractivity (Wildman–Crippen MR) is 154 cm³/mol. The first kappa shape index (κ1) is 29.7. The molecule has 1 atom stereocenters. The van der Waals surface area contributed by atoms with Crippen molar-refractivity contribution in [2.75, 3.05) is 24.2 Å². The smallest absolute Gasteiger partial charge is 0.244 e. The van der Waals surface area contributed by atoms with Crippen molar-refractivity contribution in [1.29, 1.82) is 0 Å². The van der Waals surface area contributed by atoms with Gasteiger partial charge >= 0.3 is 0 Å². The van der Waals surface area contributed by atoms with Gasteiger partial charge in [0.2, 0.25) is 21.8 Å². The average molecular weight is 552 g/mol. The zero-order valence-electron chi connectivity index (χ0n) is 23.1. The average Bonchev–Trinajstić information content (AvgIpc) is 2.88. The van der Waals surface area contributed by atoms with Gasteiger partial charge in [0, 0.05) is 18.5 Å². The van der Waals surface area contributed by atoms with Crippen LogP contribution in [0.2, 0.25) is 0 Å². The summed E-state index contributed by atoms with van der Waals surface area (Å²) in [6, 6.07) is 24.2. The van der Waals surface area contributed by atoms with Gasteiger partial charge < -0.3 is 15.0 Å². The molecule has 208 valence electrons. The van der Waals surface area contributed by atoms with Gasteiger partial charge in [-0.25, -0.2) is 8.42 Å². The molecule has 9 heteroatoms. The normalized spacial score (nSPS) is 12.3. The number of amides is 2. The SMILES string of the molecule is COc1cccc(CN(C(=O)CN(c2ccccc2)S(C)(=O)=O)[C@H](Cc2ccccc2)C(=O)NC(C)(C)C)c1. The lowest BCUT2D eigenvalue weighted by Crippen LogP contribution is -2.56. The van der Waals surface area contributed by atoms with Gasteiger partial charge in [-0.3, -0.25) is 13.9 Å². The second kappa shape index (κ2) is 12.8. The Morgan fingerprint density at radius 3 is 2.05 bits per heavy atom. The maximum Gasteiger partial charge on any atom is 0.244 e. The van der Waals surface area contributed by atoms with E-state index in [0.29, 0.717) is 11.4 Å². The summed E-state index contributed by atoms with van der Waals surface area (Å²) in [7, 11) is -2.24. The molecule has 8 nitrogen and oxygen atoms in total. The highest BCUT2D eigenvalue weighted by atomic mass is 32.2. The quantitative estimate of drug-likeness (QED) is 0.389. The minimum Gasteiger partial charge on any atom is -0.497 e. The summed E-state index contributed by atoms with van der Waals surface area (Å²) in [5.74, 6) is -0.217. The Balaban J connectivity index is 2.07. The monoisotopic (exact) mass is 551 g/mol. The fourth-order valence-corrected chi connectivity index (χ4v) is 5.03. The summed E-state index contributed by atoms with van der Waals surface area (Å²) in [6.45, 7) is 5.25. The van der Waals surface area contributed by atoms with Gasteiger partial charge in [-0.15, -0.1) is 0 Å². The van der Waals surface area contributed by atoms with Crippen LogP contribution in [0.5, 0.6) is 5.75 Å². The first-order chi connectivity index (χ1) is 18.4. The molecule has 0 saturated heterocycles. The Kier molecular flexibility index (Phi) is 9.75. The van der Waals surface area contributed by atoms with E-state index in [1.54, 1.807) is 49.6 Å². The number of nitrogens with one attached hydrogen (secondary N) is 1. The lowest BCUT2D eigenvalue weighted by atomic mass is 10.0. The van der Waals surface area contributed by atoms with Crippen LogP contribution in [-0.4, -0.2) is 56.6 Å². The third-order valence-corrected chi connectivity index (χ3v) is 7.12. The summed E-state index contributed by atoms with van der Waals surface area (Å²) in [4.78, 5) is 29.2. The molecule has 0 spiro atoms. The van der Waals surface area contributed by atoms with Gasteiger partial charge in [0.25, 0.3) is 0 Å². The molecule has 2 amide bonds. The van der Waals surface area contributed by atoms with Gasteiger partial charge in [0.1, 0.15) is 18.3 Å². The lowest BCUT2D eigenvalue weighted by Gasteiger charge is -2.35. The predicted octanol–water partition coefficient (Wildman–Crippen LogP) is 4.02. The Morgan fingerprint density at radius 2 is 1.49 bits per heavy atom. The number of nitrogens with zero attached hydrogens (tertiary/aromatic N) is 2. The van der Waals surface area contributed by atoms with Crippen molar-refractivity contribution in [2.24, 2.45) is 0 Å². The van der Waals surface area contributed by atoms with Gasteiger partial charge in [0.15, 0.2) is 0 Å². The van der Waals surface area contributed by atoms with Crippen molar-refractivity contribution in [3.8, 4) is 5.75 Å². The standard InChI is InChI=1S/C30H37N3O5S/c1-30(2,3)31-29(35)27(20-23-13-8-6-9-14-23)32(21-24-15-12-18-26(19-24)38-4)28(34)22-33(39(5,36)37)25-16-10-7-11-17-25/h6-19,27H,20-22H2,1-5H3,(H,31,35)/t27-/m1/s1. The summed E-state index contributed by atoms with van der Waals surface area (Å²) in [6.07, 6.45) is 1.32. The van der Waals surface area contributed by atoms with Crippen LogP contribution in [0.3, 0.4) is 0 Å². The zero-order chi connectivity index (χ0) is 28.6. The van der Waals surface area contributed by atoms with E-state index in [4.69, 9.17) is 4.74 Å². The van der Waals surface area contributed by atoms with E-state index >= 15 is 0 Å². The zero-order valence-corrected chi connectivity index (χ0v) is 23.9. The number of benzene rings is 3. The summed E-state index contributed by atoms with van der Waals surface area (Å²) < 4.78 is 32.0. The Morgan fingerprint density at radius 1 is 0.897 bits per heavy atom. The van der Waals surface area contributed by atoms with E-state index in [0.717, 1.165) is 21.7 Å². The number of sulfonamides is 1. The number of methoxy groups -OCH3 is 1. The molecule has 0 unspecified atom stereocenters. The van der Waals surface area contributed by atoms with Crippen molar-refractivity contribution >= 4 is 27.5 Å². The first-order valence-electron chi connectivity index (χ1n) is 12.7. The van der Waals surface area contributed by atoms with Crippen LogP contribution in [0.1, 0.15) is 31.9 Å². The minimum atomic E-state index is -3.80. The van der Waals surface area contributed by atoms with Crippen LogP contribution in [-0.2, 0) is 32.6 Å². The van der Waals surface area contributed by atoms with Crippen molar-refractivity contribution in [3.05, 3.63) is 96.1 Å². The molecule has 0 aromatic heterocycles. The third-order valence-electron chi connectivity index (χ3n) is 5.98. The van der Waals surface area contributed by atoms with Crippen molar-refractivity contribution in [2.45, 2.75) is 45.3 Å². The van der Waals surface area contributed by atoms with Crippen LogP contribution in [0.4, 0.5) is 5.69 Å². The van der Waals surface area contributed by atoms with Crippen molar-refractivity contribution in [3.63, 3.8) is 0 Å². The van der Waals surface area contributed by atoms with E-state index in [2.05, 4.69) is 5.32 Å². The van der Waals surface area contributed by atoms with Crippen LogP contribution in [0.15, 0.2) is 84.9 Å². The number of anilines is 1. The van der Waals surface area contributed by atoms with Crippen molar-refractivity contribution in [1.82, 2.24) is 10.2 Å². The molecular formula is C30H37N3O5S. The van der Waals surface area contributed by atoms with Crippen molar-refractivity contribution < 1.29 is 22.7 Å². The number of rotatable bonds is 11. The van der Waals surface area contributed by atoms with E-state index in [1.165, 1.54) is 4.90 Å². The molecule has 0 bridgehead atoms. The molecule has 0 saturated carbocycles. The van der Waals surface area contributed by atoms with Gasteiger partial charge in [-0.05, 0) is 56.2 Å². The summed E-state index contributed by atoms with van der Waals surface area (Å²) in [5.41, 5.74) is 1.45. The van der Waals surface area contributed by atoms with E-state index < -0.39 is 34.1 Å². The minimum absolute atomic E-state index is 0.0808. The highest BCUT2D eigenvalue weighted by molar-refractivity contribution is 7.92. The lowest BCUT2D eigenvalue weighted by molar-refractivity contribution is -0.140. The van der Waals surface area contributed by atoms with Crippen LogP contribution in [0, 0.1) is 0 Å². The van der Waals surface area contributed by atoms with Gasteiger partial charge in [-0.2, -0.15) is 0 Å². The molecule has 0 aliphatic heterocycles. The number of hydrogen-bond acceptors (Lipinski definition) is 5. The number of para-hydroxylation sites is 1. The second-order valence-corrected chi connectivity index (χ2v) is 12.3. The second-order valence-electron chi connectivity index (χ2n) is 10.4. The largest absolute Gasteiger partial charge is 0.497 e. The third kappa shape index (κ3) is 8.85. The van der Waals surface area contributed by atoms with Crippen LogP contribution >= 0.6 is 0 Å². The molecule has 0 aliphatic rings. The Labute approximate surface area is 231 Å². The molecule has 3 rings (SSSR count). The number of carbonyl (C=O) groups excluding carboxylic acids is 2. The molecule has 0 fully saturated rings. The maximum absolute atomic E-state index is 14.0. The highest BCUT2D eigenvalue weighted by Crippen LogP contribution is 2.22. The van der Waals surface area contributed by atoms with Gasteiger partial charge in [-0.1, -0.05) is 60.7 Å². The van der Waals surface area contributed by atoms with E-state index in [-0.39, 0.29) is 18.9 Å². The molecule has 0 radical (unpaired) electrons. The molecule has 0 heterocycles. The Bertz CT molecular complexity index is 1360. The van der Waals surface area contributed by atoms with Crippen LogP contribution in [0.25, 0.3) is 0 Å². The Hall–Kier alpha value is -3.85. The van der Waals surface area contributed by atoms with Crippen LogP contribution < -0.4 is 14.4 Å². The molecule has 3 aromatic carbocycles. The summed E-state index contributed by atoms with van der Waals surface area (Å²) in [5, 5.41) is 3.01. The maximum atomic E-state index is 14.0. The fraction of sp³-hybridized carbons (Fsp3) is 0.333. The summed E-state index contributed by atoms with van der Waals surface area (Å²) >= 11 is 0. The van der Waals surface area contributed by atoms with E-state index in [1.807, 2.05) is 63.2 Å².